The van der Waals surface area contributed by atoms with E-state index in [9.17, 15) is 10.1 Å². The zero-order chi connectivity index (χ0) is 16.5. The fraction of sp³-hybridized carbons (Fsp3) is 0.100. The normalized spacial score (nSPS) is 10.6. The predicted octanol–water partition coefficient (Wildman–Crippen LogP) is 3.58. The molecule has 2 aromatic carbocycles. The Morgan fingerprint density at radius 1 is 1.04 bits per heavy atom. The van der Waals surface area contributed by atoms with Crippen LogP contribution in [0.5, 0.6) is 0 Å². The zero-order valence-corrected chi connectivity index (χ0v) is 12.7. The van der Waals surface area contributed by atoms with Crippen LogP contribution in [0.15, 0.2) is 66.2 Å². The fourth-order valence-electron chi connectivity index (χ4n) is 1.95. The molecule has 0 spiro atoms. The van der Waals surface area contributed by atoms with Crippen molar-refractivity contribution in [3.05, 3.63) is 77.4 Å². The second kappa shape index (κ2) is 8.22. The largest absolute Gasteiger partial charge is 0.462 e. The van der Waals surface area contributed by atoms with Crippen molar-refractivity contribution in [2.45, 2.75) is 6.92 Å². The summed E-state index contributed by atoms with van der Waals surface area (Å²) in [7, 11) is 0. The van der Waals surface area contributed by atoms with E-state index in [1.165, 1.54) is 0 Å². The number of nitrogens with zero attached hydrogens (tertiary/aromatic N) is 1. The van der Waals surface area contributed by atoms with E-state index >= 15 is 0 Å². The van der Waals surface area contributed by atoms with E-state index < -0.39 is 5.97 Å². The topological polar surface area (TPSA) is 50.1 Å². The molecule has 0 aliphatic rings. The summed E-state index contributed by atoms with van der Waals surface area (Å²) in [6.07, 6.45) is 0. The van der Waals surface area contributed by atoms with Gasteiger partial charge in [0.25, 0.3) is 0 Å². The lowest BCUT2D eigenvalue weighted by Crippen LogP contribution is -2.08. The molecule has 23 heavy (non-hydrogen) atoms. The van der Waals surface area contributed by atoms with Gasteiger partial charge in [-0.3, -0.25) is 0 Å². The number of rotatable bonds is 3. The third-order valence-electron chi connectivity index (χ3n) is 3.01. The minimum atomic E-state index is -0.656. The molecule has 2 rings (SSSR count). The van der Waals surface area contributed by atoms with Gasteiger partial charge >= 0.3 is 5.97 Å². The number of benzene rings is 2. The van der Waals surface area contributed by atoms with Crippen LogP contribution in [0.25, 0.3) is 5.57 Å². The molecule has 0 N–H and O–H groups in total. The van der Waals surface area contributed by atoms with E-state index in [0.29, 0.717) is 11.1 Å². The molecule has 0 fully saturated rings. The first kappa shape index (κ1) is 16.1. The van der Waals surface area contributed by atoms with Crippen molar-refractivity contribution in [2.24, 2.45) is 0 Å². The molecule has 0 amide bonds. The summed E-state index contributed by atoms with van der Waals surface area (Å²) >= 11 is 0. The van der Waals surface area contributed by atoms with Gasteiger partial charge in [-0.25, -0.2) is 4.79 Å². The van der Waals surface area contributed by atoms with Gasteiger partial charge in [-0.15, -0.1) is 0 Å². The molecule has 0 unspecified atom stereocenters. The highest BCUT2D eigenvalue weighted by Crippen LogP contribution is 2.19. The molecule has 0 aliphatic heterocycles. The molecule has 0 saturated heterocycles. The van der Waals surface area contributed by atoms with Crippen molar-refractivity contribution >= 4 is 11.5 Å². The molecule has 2 aromatic rings. The van der Waals surface area contributed by atoms with Crippen molar-refractivity contribution in [3.63, 3.8) is 0 Å². The number of ether oxygens (including phenoxy) is 1. The lowest BCUT2D eigenvalue weighted by Gasteiger charge is -2.05. The Kier molecular flexibility index (Phi) is 5.74. The smallest absolute Gasteiger partial charge is 0.350 e. The van der Waals surface area contributed by atoms with Crippen molar-refractivity contribution in [1.29, 1.82) is 5.26 Å². The minimum Gasteiger partial charge on any atom is -0.462 e. The molecule has 0 aliphatic carbocycles. The van der Waals surface area contributed by atoms with Gasteiger partial charge in [0, 0.05) is 5.56 Å². The van der Waals surface area contributed by atoms with E-state index in [0.717, 1.165) is 5.56 Å². The fourth-order valence-corrected chi connectivity index (χ4v) is 1.95. The highest BCUT2D eigenvalue weighted by Gasteiger charge is 2.16. The number of allylic oxidation sites excluding steroid dienone is 1. The number of hydrogen-bond donors (Lipinski definition) is 0. The molecular formula is C20H15NO2. The van der Waals surface area contributed by atoms with Crippen LogP contribution in [-0.2, 0) is 9.53 Å². The second-order valence-electron chi connectivity index (χ2n) is 4.56. The van der Waals surface area contributed by atoms with Crippen LogP contribution < -0.4 is 0 Å². The highest BCUT2D eigenvalue weighted by molar-refractivity contribution is 6.05. The van der Waals surface area contributed by atoms with Crippen molar-refractivity contribution in [3.8, 4) is 17.9 Å². The molecule has 0 atom stereocenters. The maximum atomic E-state index is 12.0. The Hall–Kier alpha value is -3.30. The van der Waals surface area contributed by atoms with Crippen LogP contribution in [0.2, 0.25) is 0 Å². The van der Waals surface area contributed by atoms with Gasteiger partial charge in [0.05, 0.1) is 12.2 Å². The average Bonchev–Trinajstić information content (AvgIpc) is 2.60. The molecule has 0 saturated carbocycles. The quantitative estimate of drug-likeness (QED) is 0.377. The standard InChI is InChI=1S/C20H15NO2/c1-2-23-20(22)19(15-21)18(17-11-7-4-8-12-17)14-13-16-9-5-3-6-10-16/h3-12H,2H2,1H3/b19-18+. The third-order valence-corrected chi connectivity index (χ3v) is 3.01. The number of carbonyl (C=O) groups is 1. The molecular weight excluding hydrogens is 286 g/mol. The van der Waals surface area contributed by atoms with Crippen molar-refractivity contribution < 1.29 is 9.53 Å². The van der Waals surface area contributed by atoms with Gasteiger partial charge < -0.3 is 4.74 Å². The van der Waals surface area contributed by atoms with E-state index in [-0.39, 0.29) is 12.2 Å². The SMILES string of the molecule is CCOC(=O)/C(C#N)=C(\C#Cc1ccccc1)c1ccccc1. The molecule has 3 nitrogen and oxygen atoms in total. The van der Waals surface area contributed by atoms with Crippen LogP contribution in [-0.4, -0.2) is 12.6 Å². The first-order valence-corrected chi connectivity index (χ1v) is 7.20. The van der Waals surface area contributed by atoms with Crippen LogP contribution in [0, 0.1) is 23.2 Å². The average molecular weight is 301 g/mol. The monoisotopic (exact) mass is 301 g/mol. The van der Waals surface area contributed by atoms with E-state index in [1.807, 2.05) is 66.7 Å². The molecule has 0 aromatic heterocycles. The Morgan fingerprint density at radius 3 is 2.22 bits per heavy atom. The van der Waals surface area contributed by atoms with Crippen LogP contribution in [0.1, 0.15) is 18.1 Å². The number of carbonyl (C=O) groups excluding carboxylic acids is 1. The molecule has 0 radical (unpaired) electrons. The first-order valence-electron chi connectivity index (χ1n) is 7.20. The lowest BCUT2D eigenvalue weighted by atomic mass is 10.0. The van der Waals surface area contributed by atoms with Gasteiger partial charge in [0.2, 0.25) is 0 Å². The van der Waals surface area contributed by atoms with Gasteiger partial charge in [0.1, 0.15) is 6.07 Å². The molecule has 0 heterocycles. The van der Waals surface area contributed by atoms with Crippen LogP contribution >= 0.6 is 0 Å². The van der Waals surface area contributed by atoms with Gasteiger partial charge in [0.15, 0.2) is 5.57 Å². The Morgan fingerprint density at radius 2 is 1.65 bits per heavy atom. The highest BCUT2D eigenvalue weighted by atomic mass is 16.5. The van der Waals surface area contributed by atoms with Crippen LogP contribution in [0.4, 0.5) is 0 Å². The third kappa shape index (κ3) is 4.33. The summed E-state index contributed by atoms with van der Waals surface area (Å²) in [6.45, 7) is 1.91. The summed E-state index contributed by atoms with van der Waals surface area (Å²) in [6, 6.07) is 20.5. The van der Waals surface area contributed by atoms with Crippen LogP contribution in [0.3, 0.4) is 0 Å². The Bertz CT molecular complexity index is 803. The molecule has 3 heteroatoms. The summed E-state index contributed by atoms with van der Waals surface area (Å²) in [4.78, 5) is 12.0. The number of hydrogen-bond acceptors (Lipinski definition) is 3. The number of esters is 1. The zero-order valence-electron chi connectivity index (χ0n) is 12.7. The predicted molar refractivity (Wildman–Crippen MR) is 88.9 cm³/mol. The Labute approximate surface area is 135 Å². The maximum Gasteiger partial charge on any atom is 0.350 e. The van der Waals surface area contributed by atoms with Crippen molar-refractivity contribution in [2.75, 3.05) is 6.61 Å². The summed E-state index contributed by atoms with van der Waals surface area (Å²) < 4.78 is 4.96. The minimum absolute atomic E-state index is 0.0820. The van der Waals surface area contributed by atoms with Gasteiger partial charge in [-0.05, 0) is 24.6 Å². The van der Waals surface area contributed by atoms with E-state index in [2.05, 4.69) is 11.8 Å². The van der Waals surface area contributed by atoms with E-state index in [4.69, 9.17) is 4.74 Å². The molecule has 0 bridgehead atoms. The van der Waals surface area contributed by atoms with Crippen molar-refractivity contribution in [1.82, 2.24) is 0 Å². The van der Waals surface area contributed by atoms with Gasteiger partial charge in [-0.2, -0.15) is 5.26 Å². The summed E-state index contributed by atoms with van der Waals surface area (Å²) in [5.41, 5.74) is 1.81. The molecule has 112 valence electrons. The second-order valence-corrected chi connectivity index (χ2v) is 4.56. The first-order chi connectivity index (χ1) is 11.3. The summed E-state index contributed by atoms with van der Waals surface area (Å²) in [5, 5.41) is 9.38. The Balaban J connectivity index is 2.55. The van der Waals surface area contributed by atoms with Gasteiger partial charge in [-0.1, -0.05) is 60.4 Å². The van der Waals surface area contributed by atoms with E-state index in [1.54, 1.807) is 6.92 Å². The summed E-state index contributed by atoms with van der Waals surface area (Å²) in [5.74, 6) is 5.28. The maximum absolute atomic E-state index is 12.0. The lowest BCUT2D eigenvalue weighted by molar-refractivity contribution is -0.137. The number of nitriles is 1.